The monoisotopic (exact) mass is 365 g/mol. The molecule has 10 heteroatoms. The van der Waals surface area contributed by atoms with Crippen LogP contribution in [-0.4, -0.2) is 51.5 Å². The summed E-state index contributed by atoms with van der Waals surface area (Å²) >= 11 is 3.13. The highest BCUT2D eigenvalue weighted by atomic mass is 79.9. The molecule has 8 nitrogen and oxygen atoms in total. The molecule has 1 aromatic rings. The van der Waals surface area contributed by atoms with E-state index >= 15 is 0 Å². The SMILES string of the molecule is CN(C)C(=O)NCCNS(=O)(=O)c1cc(Br)cnc1N. The fourth-order valence-electron chi connectivity index (χ4n) is 1.24. The van der Waals surface area contributed by atoms with Gasteiger partial charge < -0.3 is 16.0 Å². The van der Waals surface area contributed by atoms with Crippen LogP contribution >= 0.6 is 15.9 Å². The first kappa shape index (κ1) is 16.7. The van der Waals surface area contributed by atoms with E-state index < -0.39 is 10.0 Å². The molecule has 0 fully saturated rings. The lowest BCUT2D eigenvalue weighted by atomic mass is 10.5. The molecule has 1 heterocycles. The summed E-state index contributed by atoms with van der Waals surface area (Å²) in [7, 11) is -0.583. The van der Waals surface area contributed by atoms with Gasteiger partial charge in [-0.1, -0.05) is 0 Å². The molecule has 0 aromatic carbocycles. The maximum atomic E-state index is 12.0. The Bertz CT molecular complexity index is 591. The van der Waals surface area contributed by atoms with E-state index in [2.05, 4.69) is 31.0 Å². The number of nitrogen functional groups attached to an aromatic ring is 1. The average Bonchev–Trinajstić information content (AvgIpc) is 2.37. The van der Waals surface area contributed by atoms with Gasteiger partial charge in [0.15, 0.2) is 0 Å². The van der Waals surface area contributed by atoms with E-state index in [1.807, 2.05) is 0 Å². The highest BCUT2D eigenvalue weighted by molar-refractivity contribution is 9.10. The van der Waals surface area contributed by atoms with Gasteiger partial charge in [-0.2, -0.15) is 0 Å². The Morgan fingerprint density at radius 3 is 2.70 bits per heavy atom. The molecular weight excluding hydrogens is 350 g/mol. The quantitative estimate of drug-likeness (QED) is 0.633. The summed E-state index contributed by atoms with van der Waals surface area (Å²) in [6.07, 6.45) is 1.41. The summed E-state index contributed by atoms with van der Waals surface area (Å²) in [6.45, 7) is 0.214. The third kappa shape index (κ3) is 4.62. The van der Waals surface area contributed by atoms with Gasteiger partial charge >= 0.3 is 6.03 Å². The minimum Gasteiger partial charge on any atom is -0.383 e. The molecule has 2 amide bonds. The van der Waals surface area contributed by atoms with Crippen molar-refractivity contribution < 1.29 is 13.2 Å². The molecule has 0 atom stereocenters. The van der Waals surface area contributed by atoms with E-state index in [9.17, 15) is 13.2 Å². The van der Waals surface area contributed by atoms with Crippen molar-refractivity contribution in [2.45, 2.75) is 4.90 Å². The van der Waals surface area contributed by atoms with Crippen molar-refractivity contribution in [2.75, 3.05) is 32.9 Å². The number of hydrogen-bond donors (Lipinski definition) is 3. The van der Waals surface area contributed by atoms with Crippen molar-refractivity contribution in [2.24, 2.45) is 0 Å². The van der Waals surface area contributed by atoms with Gasteiger partial charge in [0.2, 0.25) is 10.0 Å². The van der Waals surface area contributed by atoms with Gasteiger partial charge in [0.25, 0.3) is 0 Å². The molecule has 0 unspecified atom stereocenters. The molecule has 0 saturated heterocycles. The topological polar surface area (TPSA) is 117 Å². The van der Waals surface area contributed by atoms with E-state index in [0.717, 1.165) is 0 Å². The lowest BCUT2D eigenvalue weighted by Gasteiger charge is -2.12. The molecule has 20 heavy (non-hydrogen) atoms. The van der Waals surface area contributed by atoms with Crippen molar-refractivity contribution in [3.63, 3.8) is 0 Å². The van der Waals surface area contributed by atoms with Gasteiger partial charge in [-0.25, -0.2) is 22.9 Å². The van der Waals surface area contributed by atoms with E-state index in [4.69, 9.17) is 5.73 Å². The summed E-state index contributed by atoms with van der Waals surface area (Å²) in [5.41, 5.74) is 5.54. The number of aromatic nitrogens is 1. The van der Waals surface area contributed by atoms with Crippen LogP contribution in [0.15, 0.2) is 21.6 Å². The first-order valence-electron chi connectivity index (χ1n) is 5.60. The maximum Gasteiger partial charge on any atom is 0.316 e. The van der Waals surface area contributed by atoms with Gasteiger partial charge in [-0.05, 0) is 22.0 Å². The number of rotatable bonds is 5. The van der Waals surface area contributed by atoms with Gasteiger partial charge in [0.1, 0.15) is 10.7 Å². The summed E-state index contributed by atoms with van der Waals surface area (Å²) < 4.78 is 26.9. The molecule has 0 saturated carbocycles. The van der Waals surface area contributed by atoms with Crippen LogP contribution in [0.4, 0.5) is 10.6 Å². The van der Waals surface area contributed by atoms with Crippen molar-refractivity contribution in [3.8, 4) is 0 Å². The van der Waals surface area contributed by atoms with Gasteiger partial charge in [0.05, 0.1) is 0 Å². The number of hydrogen-bond acceptors (Lipinski definition) is 5. The molecule has 0 radical (unpaired) electrons. The predicted octanol–water partition coefficient (Wildman–Crippen LogP) is -0.0242. The Kier molecular flexibility index (Phi) is 5.72. The van der Waals surface area contributed by atoms with Crippen molar-refractivity contribution in [1.29, 1.82) is 0 Å². The molecule has 4 N–H and O–H groups in total. The Morgan fingerprint density at radius 2 is 2.10 bits per heavy atom. The normalized spacial score (nSPS) is 11.2. The number of sulfonamides is 1. The van der Waals surface area contributed by atoms with Gasteiger partial charge in [-0.3, -0.25) is 0 Å². The number of amides is 2. The minimum absolute atomic E-state index is 0.0495. The Hall–Kier alpha value is -1.39. The summed E-state index contributed by atoms with van der Waals surface area (Å²) in [5.74, 6) is -0.0852. The second-order valence-electron chi connectivity index (χ2n) is 4.06. The number of anilines is 1. The zero-order valence-corrected chi connectivity index (χ0v) is 13.5. The predicted molar refractivity (Wildman–Crippen MR) is 78.6 cm³/mol. The van der Waals surface area contributed by atoms with Crippen molar-refractivity contribution in [1.82, 2.24) is 19.9 Å². The lowest BCUT2D eigenvalue weighted by Crippen LogP contribution is -2.39. The van der Waals surface area contributed by atoms with Crippen LogP contribution in [0.1, 0.15) is 0 Å². The van der Waals surface area contributed by atoms with Gasteiger partial charge in [-0.15, -0.1) is 0 Å². The zero-order chi connectivity index (χ0) is 15.3. The third-order valence-electron chi connectivity index (χ3n) is 2.24. The largest absolute Gasteiger partial charge is 0.383 e. The number of halogens is 1. The molecule has 0 spiro atoms. The highest BCUT2D eigenvalue weighted by Gasteiger charge is 2.18. The smallest absolute Gasteiger partial charge is 0.316 e. The third-order valence-corrected chi connectivity index (χ3v) is 4.16. The van der Waals surface area contributed by atoms with Crippen LogP contribution in [0.5, 0.6) is 0 Å². The number of carbonyl (C=O) groups excluding carboxylic acids is 1. The molecule has 0 bridgehead atoms. The average molecular weight is 366 g/mol. The Labute approximate surface area is 125 Å². The number of urea groups is 1. The number of nitrogens with zero attached hydrogens (tertiary/aromatic N) is 2. The Morgan fingerprint density at radius 1 is 1.45 bits per heavy atom. The second-order valence-corrected chi connectivity index (χ2v) is 6.71. The minimum atomic E-state index is -3.76. The highest BCUT2D eigenvalue weighted by Crippen LogP contribution is 2.19. The number of carbonyl (C=O) groups is 1. The van der Waals surface area contributed by atoms with Crippen LogP contribution < -0.4 is 15.8 Å². The zero-order valence-electron chi connectivity index (χ0n) is 11.1. The molecule has 0 aliphatic rings. The lowest BCUT2D eigenvalue weighted by molar-refractivity contribution is 0.217. The number of nitrogens with one attached hydrogen (secondary N) is 2. The van der Waals surface area contributed by atoms with Crippen LogP contribution in [-0.2, 0) is 10.0 Å². The molecule has 112 valence electrons. The van der Waals surface area contributed by atoms with Crippen molar-refractivity contribution >= 4 is 37.8 Å². The van der Waals surface area contributed by atoms with E-state index in [0.29, 0.717) is 4.47 Å². The second kappa shape index (κ2) is 6.86. The van der Waals surface area contributed by atoms with Crippen LogP contribution in [0.2, 0.25) is 0 Å². The van der Waals surface area contributed by atoms with E-state index in [-0.39, 0.29) is 29.8 Å². The first-order chi connectivity index (χ1) is 9.24. The van der Waals surface area contributed by atoms with Gasteiger partial charge in [0, 0.05) is 37.9 Å². The number of pyridine rings is 1. The Balaban J connectivity index is 2.63. The summed E-state index contributed by atoms with van der Waals surface area (Å²) in [5, 5.41) is 2.54. The summed E-state index contributed by atoms with van der Waals surface area (Å²) in [4.78, 5) is 16.2. The molecule has 0 aliphatic carbocycles. The van der Waals surface area contributed by atoms with Crippen LogP contribution in [0, 0.1) is 0 Å². The fourth-order valence-corrected chi connectivity index (χ4v) is 2.86. The summed E-state index contributed by atoms with van der Waals surface area (Å²) in [6, 6.07) is 1.07. The number of nitrogens with two attached hydrogens (primary N) is 1. The standard InChI is InChI=1S/C10H16BrN5O3S/c1-16(2)10(17)13-3-4-15-20(18,19)8-5-7(11)6-14-9(8)12/h5-6,15H,3-4H2,1-2H3,(H2,12,14)(H,13,17). The van der Waals surface area contributed by atoms with Crippen molar-refractivity contribution in [3.05, 3.63) is 16.7 Å². The molecule has 0 aliphatic heterocycles. The van der Waals surface area contributed by atoms with Crippen LogP contribution in [0.25, 0.3) is 0 Å². The molecule has 1 aromatic heterocycles. The van der Waals surface area contributed by atoms with Crippen LogP contribution in [0.3, 0.4) is 0 Å². The van der Waals surface area contributed by atoms with E-state index in [1.165, 1.54) is 17.2 Å². The van der Waals surface area contributed by atoms with E-state index in [1.54, 1.807) is 14.1 Å². The molecular formula is C10H16BrN5O3S. The first-order valence-corrected chi connectivity index (χ1v) is 7.87. The molecule has 1 rings (SSSR count). The fraction of sp³-hybridized carbons (Fsp3) is 0.400. The maximum absolute atomic E-state index is 12.0.